The normalized spacial score (nSPS) is 25.7. The third-order valence-electron chi connectivity index (χ3n) is 4.47. The fourth-order valence-corrected chi connectivity index (χ4v) is 3.69. The van der Waals surface area contributed by atoms with Gasteiger partial charge in [0, 0.05) is 19.1 Å². The van der Waals surface area contributed by atoms with Gasteiger partial charge in [-0.2, -0.15) is 0 Å². The molecule has 2 rings (SSSR count). The number of hydrogen-bond acceptors (Lipinski definition) is 2. The van der Waals surface area contributed by atoms with Gasteiger partial charge in [-0.05, 0) is 35.3 Å². The predicted octanol–water partition coefficient (Wildman–Crippen LogP) is 4.21. The average Bonchev–Trinajstić information content (AvgIpc) is 2.41. The van der Waals surface area contributed by atoms with Gasteiger partial charge in [0.15, 0.2) is 0 Å². The molecule has 0 radical (unpaired) electrons. The van der Waals surface area contributed by atoms with Gasteiger partial charge in [0.1, 0.15) is 0 Å². The van der Waals surface area contributed by atoms with Crippen molar-refractivity contribution in [3.63, 3.8) is 0 Å². The van der Waals surface area contributed by atoms with Gasteiger partial charge in [-0.3, -0.25) is 4.90 Å². The van der Waals surface area contributed by atoms with E-state index < -0.39 is 0 Å². The van der Waals surface area contributed by atoms with Gasteiger partial charge in [-0.1, -0.05) is 58.9 Å². The van der Waals surface area contributed by atoms with E-state index in [9.17, 15) is 5.11 Å². The Morgan fingerprint density at radius 3 is 2.10 bits per heavy atom. The summed E-state index contributed by atoms with van der Waals surface area (Å²) in [6, 6.07) is 8.66. The molecule has 0 amide bonds. The van der Waals surface area contributed by atoms with E-state index in [1.54, 1.807) is 0 Å². The molecule has 0 aromatic heterocycles. The molecule has 0 saturated heterocycles. The van der Waals surface area contributed by atoms with Crippen molar-refractivity contribution < 1.29 is 5.11 Å². The molecule has 118 valence electrons. The van der Waals surface area contributed by atoms with E-state index in [0.29, 0.717) is 17.8 Å². The predicted molar refractivity (Wildman–Crippen MR) is 89.5 cm³/mol. The minimum absolute atomic E-state index is 0.250. The minimum atomic E-state index is -0.352. The van der Waals surface area contributed by atoms with Gasteiger partial charge in [0.05, 0.1) is 6.10 Å². The maximum atomic E-state index is 10.9. The third kappa shape index (κ3) is 3.87. The number of aliphatic hydroxyl groups is 1. The molecule has 1 aromatic rings. The molecule has 21 heavy (non-hydrogen) atoms. The Bertz CT molecular complexity index is 445. The van der Waals surface area contributed by atoms with Crippen LogP contribution in [0.1, 0.15) is 64.2 Å². The Morgan fingerprint density at radius 1 is 1.05 bits per heavy atom. The Labute approximate surface area is 130 Å². The maximum absolute atomic E-state index is 10.9. The van der Waals surface area contributed by atoms with Gasteiger partial charge in [0.2, 0.25) is 0 Å². The highest BCUT2D eigenvalue weighted by Gasteiger charge is 2.35. The van der Waals surface area contributed by atoms with Crippen LogP contribution < -0.4 is 0 Å². The van der Waals surface area contributed by atoms with Gasteiger partial charge in [-0.25, -0.2) is 0 Å². The summed E-state index contributed by atoms with van der Waals surface area (Å²) in [4.78, 5) is 2.52. The third-order valence-corrected chi connectivity index (χ3v) is 4.47. The quantitative estimate of drug-likeness (QED) is 0.877. The SMILES string of the molecule is CC(C)CN(CC(C)C)C1CC(C)c2ccccc2C1O. The van der Waals surface area contributed by atoms with Crippen LogP contribution in [0.4, 0.5) is 0 Å². The molecule has 1 N–H and O–H groups in total. The molecule has 2 heteroatoms. The first-order valence-electron chi connectivity index (χ1n) is 8.41. The number of fused-ring (bicyclic) bond motifs is 1. The molecule has 0 heterocycles. The summed E-state index contributed by atoms with van der Waals surface area (Å²) in [5, 5.41) is 10.9. The molecule has 0 fully saturated rings. The van der Waals surface area contributed by atoms with E-state index in [0.717, 1.165) is 25.1 Å². The lowest BCUT2D eigenvalue weighted by molar-refractivity contribution is 0.0193. The number of nitrogens with zero attached hydrogens (tertiary/aromatic N) is 1. The molecule has 0 saturated carbocycles. The summed E-state index contributed by atoms with van der Waals surface area (Å²) in [6.45, 7) is 13.5. The standard InChI is InChI=1S/C19H31NO/c1-13(2)11-20(12-14(3)4)18-10-15(5)16-8-6-7-9-17(16)19(18)21/h6-9,13-15,18-19,21H,10-12H2,1-5H3. The van der Waals surface area contributed by atoms with E-state index in [1.807, 2.05) is 6.07 Å². The fraction of sp³-hybridized carbons (Fsp3) is 0.684. The lowest BCUT2D eigenvalue weighted by Crippen LogP contribution is -2.46. The van der Waals surface area contributed by atoms with E-state index in [2.05, 4.69) is 57.7 Å². The van der Waals surface area contributed by atoms with E-state index in [4.69, 9.17) is 0 Å². The highest BCUT2D eigenvalue weighted by atomic mass is 16.3. The molecule has 0 aliphatic heterocycles. The van der Waals surface area contributed by atoms with Crippen LogP contribution >= 0.6 is 0 Å². The Hall–Kier alpha value is -0.860. The van der Waals surface area contributed by atoms with Crippen molar-refractivity contribution in [1.29, 1.82) is 0 Å². The molecule has 1 aromatic carbocycles. The maximum Gasteiger partial charge on any atom is 0.0948 e. The van der Waals surface area contributed by atoms with Gasteiger partial charge in [-0.15, -0.1) is 0 Å². The molecule has 0 bridgehead atoms. The van der Waals surface area contributed by atoms with Crippen molar-refractivity contribution in [3.05, 3.63) is 35.4 Å². The summed E-state index contributed by atoms with van der Waals surface area (Å²) < 4.78 is 0. The summed E-state index contributed by atoms with van der Waals surface area (Å²) in [6.07, 6.45) is 0.701. The van der Waals surface area contributed by atoms with Crippen molar-refractivity contribution in [2.75, 3.05) is 13.1 Å². The topological polar surface area (TPSA) is 23.5 Å². The lowest BCUT2D eigenvalue weighted by atomic mass is 9.78. The van der Waals surface area contributed by atoms with Crippen LogP contribution in [0.5, 0.6) is 0 Å². The first kappa shape index (κ1) is 16.5. The molecular formula is C19H31NO. The van der Waals surface area contributed by atoms with Crippen molar-refractivity contribution in [1.82, 2.24) is 4.90 Å². The van der Waals surface area contributed by atoms with Crippen LogP contribution in [0, 0.1) is 11.8 Å². The van der Waals surface area contributed by atoms with Crippen molar-refractivity contribution in [2.24, 2.45) is 11.8 Å². The van der Waals surface area contributed by atoms with Crippen molar-refractivity contribution in [3.8, 4) is 0 Å². The molecule has 3 atom stereocenters. The number of aliphatic hydroxyl groups excluding tert-OH is 1. The highest BCUT2D eigenvalue weighted by Crippen LogP contribution is 2.39. The summed E-state index contributed by atoms with van der Waals surface area (Å²) in [5.74, 6) is 1.78. The molecule has 0 spiro atoms. The largest absolute Gasteiger partial charge is 0.387 e. The van der Waals surface area contributed by atoms with Crippen LogP contribution in [0.3, 0.4) is 0 Å². The van der Waals surface area contributed by atoms with Crippen molar-refractivity contribution >= 4 is 0 Å². The molecule has 1 aliphatic carbocycles. The number of benzene rings is 1. The van der Waals surface area contributed by atoms with E-state index in [-0.39, 0.29) is 12.1 Å². The van der Waals surface area contributed by atoms with E-state index >= 15 is 0 Å². The van der Waals surface area contributed by atoms with Crippen molar-refractivity contribution in [2.45, 2.75) is 59.1 Å². The van der Waals surface area contributed by atoms with Crippen LogP contribution in [0.25, 0.3) is 0 Å². The summed E-state index contributed by atoms with van der Waals surface area (Å²) in [5.41, 5.74) is 2.47. The fourth-order valence-electron chi connectivity index (χ4n) is 3.69. The Kier molecular flexibility index (Phi) is 5.45. The first-order chi connectivity index (χ1) is 9.90. The van der Waals surface area contributed by atoms with Gasteiger partial charge >= 0.3 is 0 Å². The Morgan fingerprint density at radius 2 is 1.57 bits per heavy atom. The van der Waals surface area contributed by atoms with Gasteiger partial charge < -0.3 is 5.11 Å². The zero-order valence-corrected chi connectivity index (χ0v) is 14.2. The lowest BCUT2D eigenvalue weighted by Gasteiger charge is -2.42. The number of hydrogen-bond donors (Lipinski definition) is 1. The molecule has 2 nitrogen and oxygen atoms in total. The monoisotopic (exact) mass is 289 g/mol. The second-order valence-corrected chi connectivity index (χ2v) is 7.52. The average molecular weight is 289 g/mol. The zero-order valence-electron chi connectivity index (χ0n) is 14.2. The van der Waals surface area contributed by atoms with Crippen LogP contribution in [-0.4, -0.2) is 29.1 Å². The summed E-state index contributed by atoms with van der Waals surface area (Å²) >= 11 is 0. The smallest absolute Gasteiger partial charge is 0.0948 e. The Balaban J connectivity index is 2.26. The summed E-state index contributed by atoms with van der Waals surface area (Å²) in [7, 11) is 0. The van der Waals surface area contributed by atoms with Gasteiger partial charge in [0.25, 0.3) is 0 Å². The second kappa shape index (κ2) is 6.93. The highest BCUT2D eigenvalue weighted by molar-refractivity contribution is 5.35. The second-order valence-electron chi connectivity index (χ2n) is 7.52. The van der Waals surface area contributed by atoms with Crippen LogP contribution in [-0.2, 0) is 0 Å². The molecule has 1 aliphatic rings. The minimum Gasteiger partial charge on any atom is -0.387 e. The van der Waals surface area contributed by atoms with E-state index in [1.165, 1.54) is 5.56 Å². The molecular weight excluding hydrogens is 258 g/mol. The van der Waals surface area contributed by atoms with Crippen LogP contribution in [0.15, 0.2) is 24.3 Å². The zero-order chi connectivity index (χ0) is 15.6. The first-order valence-corrected chi connectivity index (χ1v) is 8.41. The van der Waals surface area contributed by atoms with Crippen LogP contribution in [0.2, 0.25) is 0 Å². The molecule has 3 unspecified atom stereocenters. The number of rotatable bonds is 5.